The number of carboxylic acid groups (broad SMARTS) is 1. The first-order valence-electron chi connectivity index (χ1n) is 5.45. The Labute approximate surface area is 119 Å². The largest absolute Gasteiger partial charge is 0.507 e. The molecule has 0 bridgehead atoms. The van der Waals surface area contributed by atoms with Gasteiger partial charge in [0.25, 0.3) is 5.91 Å². The standard InChI is InChI=1S/C12H14INO4/c1-2-5-14(7-11(16)17)12(18)9-6-8(13)3-4-10(9)15/h3-4,6,15H,2,5,7H2,1H3,(H,16,17). The highest BCUT2D eigenvalue weighted by Crippen LogP contribution is 2.21. The lowest BCUT2D eigenvalue weighted by Gasteiger charge is -2.20. The Morgan fingerprint density at radius 2 is 2.06 bits per heavy atom. The van der Waals surface area contributed by atoms with E-state index in [-0.39, 0.29) is 17.9 Å². The van der Waals surface area contributed by atoms with Crippen molar-refractivity contribution in [3.8, 4) is 5.75 Å². The molecule has 5 nitrogen and oxygen atoms in total. The molecule has 0 aliphatic heterocycles. The monoisotopic (exact) mass is 363 g/mol. The van der Waals surface area contributed by atoms with Crippen molar-refractivity contribution in [3.63, 3.8) is 0 Å². The van der Waals surface area contributed by atoms with E-state index in [0.717, 1.165) is 3.57 Å². The van der Waals surface area contributed by atoms with Crippen molar-refractivity contribution in [2.75, 3.05) is 13.1 Å². The van der Waals surface area contributed by atoms with Crippen molar-refractivity contribution < 1.29 is 19.8 Å². The number of aliphatic carboxylic acids is 1. The summed E-state index contributed by atoms with van der Waals surface area (Å²) in [7, 11) is 0. The van der Waals surface area contributed by atoms with Gasteiger partial charge in [-0.15, -0.1) is 0 Å². The SMILES string of the molecule is CCCN(CC(=O)O)C(=O)c1cc(I)ccc1O. The fraction of sp³-hybridized carbons (Fsp3) is 0.333. The van der Waals surface area contributed by atoms with E-state index in [0.29, 0.717) is 13.0 Å². The van der Waals surface area contributed by atoms with Gasteiger partial charge < -0.3 is 15.1 Å². The average molecular weight is 363 g/mol. The van der Waals surface area contributed by atoms with Gasteiger partial charge in [0, 0.05) is 10.1 Å². The molecular weight excluding hydrogens is 349 g/mol. The first kappa shape index (κ1) is 14.7. The van der Waals surface area contributed by atoms with Crippen molar-refractivity contribution >= 4 is 34.5 Å². The van der Waals surface area contributed by atoms with Crippen LogP contribution in [0.1, 0.15) is 23.7 Å². The van der Waals surface area contributed by atoms with Crippen LogP contribution in [0, 0.1) is 3.57 Å². The van der Waals surface area contributed by atoms with Crippen LogP contribution < -0.4 is 0 Å². The molecule has 0 aliphatic rings. The summed E-state index contributed by atoms with van der Waals surface area (Å²) in [6.07, 6.45) is 0.656. The van der Waals surface area contributed by atoms with Gasteiger partial charge in [-0.05, 0) is 47.2 Å². The van der Waals surface area contributed by atoms with Gasteiger partial charge in [0.05, 0.1) is 5.56 Å². The van der Waals surface area contributed by atoms with E-state index in [9.17, 15) is 14.7 Å². The molecule has 0 radical (unpaired) electrons. The van der Waals surface area contributed by atoms with E-state index in [1.165, 1.54) is 11.0 Å². The zero-order chi connectivity index (χ0) is 13.7. The number of phenols is 1. The van der Waals surface area contributed by atoms with Crippen LogP contribution in [0.4, 0.5) is 0 Å². The summed E-state index contributed by atoms with van der Waals surface area (Å²) in [6.45, 7) is 1.84. The summed E-state index contributed by atoms with van der Waals surface area (Å²) in [5.74, 6) is -1.66. The molecule has 0 fully saturated rings. The van der Waals surface area contributed by atoms with Crippen LogP contribution >= 0.6 is 22.6 Å². The van der Waals surface area contributed by atoms with Gasteiger partial charge in [-0.1, -0.05) is 6.92 Å². The summed E-state index contributed by atoms with van der Waals surface area (Å²) >= 11 is 2.03. The topological polar surface area (TPSA) is 77.8 Å². The fourth-order valence-corrected chi connectivity index (χ4v) is 2.03. The molecular formula is C12H14INO4. The number of carboxylic acids is 1. The second-order valence-corrected chi connectivity index (χ2v) is 5.03. The van der Waals surface area contributed by atoms with Crippen LogP contribution in [-0.4, -0.2) is 40.1 Å². The molecule has 1 aromatic carbocycles. The molecule has 98 valence electrons. The van der Waals surface area contributed by atoms with Crippen LogP contribution in [0.15, 0.2) is 18.2 Å². The number of hydrogen-bond acceptors (Lipinski definition) is 3. The third kappa shape index (κ3) is 3.86. The number of nitrogens with zero attached hydrogens (tertiary/aromatic N) is 1. The summed E-state index contributed by atoms with van der Waals surface area (Å²) in [5.41, 5.74) is 0.136. The summed E-state index contributed by atoms with van der Waals surface area (Å²) < 4.78 is 0.806. The maximum atomic E-state index is 12.1. The van der Waals surface area contributed by atoms with Gasteiger partial charge in [-0.3, -0.25) is 9.59 Å². The van der Waals surface area contributed by atoms with Crippen LogP contribution in [-0.2, 0) is 4.79 Å². The van der Waals surface area contributed by atoms with Crippen molar-refractivity contribution in [2.45, 2.75) is 13.3 Å². The second-order valence-electron chi connectivity index (χ2n) is 3.78. The van der Waals surface area contributed by atoms with E-state index in [2.05, 4.69) is 0 Å². The third-order valence-corrected chi connectivity index (χ3v) is 2.97. The quantitative estimate of drug-likeness (QED) is 0.784. The molecule has 0 saturated heterocycles. The number of hydrogen-bond donors (Lipinski definition) is 2. The normalized spacial score (nSPS) is 10.1. The number of rotatable bonds is 5. The van der Waals surface area contributed by atoms with Crippen molar-refractivity contribution in [2.24, 2.45) is 0 Å². The highest BCUT2D eigenvalue weighted by Gasteiger charge is 2.20. The predicted octanol–water partition coefficient (Wildman–Crippen LogP) is 1.93. The first-order valence-corrected chi connectivity index (χ1v) is 6.53. The van der Waals surface area contributed by atoms with E-state index in [1.54, 1.807) is 12.1 Å². The Bertz CT molecular complexity index is 461. The number of amides is 1. The molecule has 0 saturated carbocycles. The van der Waals surface area contributed by atoms with E-state index in [4.69, 9.17) is 5.11 Å². The molecule has 6 heteroatoms. The maximum absolute atomic E-state index is 12.1. The summed E-state index contributed by atoms with van der Waals surface area (Å²) in [4.78, 5) is 24.1. The summed E-state index contributed by atoms with van der Waals surface area (Å²) in [5, 5.41) is 18.4. The first-order chi connectivity index (χ1) is 8.45. The highest BCUT2D eigenvalue weighted by atomic mass is 127. The predicted molar refractivity (Wildman–Crippen MR) is 74.7 cm³/mol. The molecule has 0 unspecified atom stereocenters. The molecule has 1 amide bonds. The minimum Gasteiger partial charge on any atom is -0.507 e. The third-order valence-electron chi connectivity index (χ3n) is 2.30. The smallest absolute Gasteiger partial charge is 0.323 e. The van der Waals surface area contributed by atoms with Crippen LogP contribution in [0.3, 0.4) is 0 Å². The Hall–Kier alpha value is -1.31. The number of benzene rings is 1. The van der Waals surface area contributed by atoms with Crippen LogP contribution in [0.5, 0.6) is 5.75 Å². The Kier molecular flexibility index (Phi) is 5.39. The zero-order valence-electron chi connectivity index (χ0n) is 9.89. The fourth-order valence-electron chi connectivity index (χ4n) is 1.54. The zero-order valence-corrected chi connectivity index (χ0v) is 12.0. The minimum atomic E-state index is -1.07. The molecule has 0 heterocycles. The maximum Gasteiger partial charge on any atom is 0.323 e. The molecule has 0 atom stereocenters. The minimum absolute atomic E-state index is 0.132. The number of halogens is 1. The average Bonchev–Trinajstić information content (AvgIpc) is 2.30. The van der Waals surface area contributed by atoms with Gasteiger partial charge in [-0.2, -0.15) is 0 Å². The van der Waals surface area contributed by atoms with Crippen LogP contribution in [0.2, 0.25) is 0 Å². The Morgan fingerprint density at radius 3 is 2.61 bits per heavy atom. The van der Waals surface area contributed by atoms with Gasteiger partial charge in [0.2, 0.25) is 0 Å². The molecule has 0 spiro atoms. The lowest BCUT2D eigenvalue weighted by atomic mass is 10.1. The highest BCUT2D eigenvalue weighted by molar-refractivity contribution is 14.1. The number of carbonyl (C=O) groups excluding carboxylic acids is 1. The lowest BCUT2D eigenvalue weighted by molar-refractivity contribution is -0.137. The van der Waals surface area contributed by atoms with E-state index in [1.807, 2.05) is 29.5 Å². The Balaban J connectivity index is 3.01. The van der Waals surface area contributed by atoms with Crippen LogP contribution in [0.25, 0.3) is 0 Å². The van der Waals surface area contributed by atoms with E-state index < -0.39 is 11.9 Å². The molecule has 18 heavy (non-hydrogen) atoms. The van der Waals surface area contributed by atoms with E-state index >= 15 is 0 Å². The lowest BCUT2D eigenvalue weighted by Crippen LogP contribution is -2.36. The molecule has 1 rings (SSSR count). The molecule has 0 aromatic heterocycles. The van der Waals surface area contributed by atoms with Gasteiger partial charge in [-0.25, -0.2) is 0 Å². The number of aromatic hydroxyl groups is 1. The molecule has 1 aromatic rings. The number of carbonyl (C=O) groups is 2. The van der Waals surface area contributed by atoms with Gasteiger partial charge in [0.15, 0.2) is 0 Å². The van der Waals surface area contributed by atoms with Crippen molar-refractivity contribution in [3.05, 3.63) is 27.3 Å². The second kappa shape index (κ2) is 6.58. The van der Waals surface area contributed by atoms with Gasteiger partial charge in [0.1, 0.15) is 12.3 Å². The Morgan fingerprint density at radius 1 is 1.39 bits per heavy atom. The molecule has 2 N–H and O–H groups in total. The molecule has 0 aliphatic carbocycles. The van der Waals surface area contributed by atoms with Crippen molar-refractivity contribution in [1.29, 1.82) is 0 Å². The van der Waals surface area contributed by atoms with Crippen molar-refractivity contribution in [1.82, 2.24) is 4.90 Å². The summed E-state index contributed by atoms with van der Waals surface area (Å²) in [6, 6.07) is 4.65. The number of phenolic OH excluding ortho intramolecular Hbond substituents is 1. The van der Waals surface area contributed by atoms with Gasteiger partial charge >= 0.3 is 5.97 Å².